The Kier molecular flexibility index (Phi) is 4.84. The number of fused-ring (bicyclic) bond motifs is 2. The van der Waals surface area contributed by atoms with E-state index in [1.807, 2.05) is 54.6 Å². The van der Waals surface area contributed by atoms with E-state index in [1.54, 1.807) is 0 Å². The number of carbonyl (C=O) groups is 1. The van der Waals surface area contributed by atoms with Crippen molar-refractivity contribution in [2.45, 2.75) is 50.8 Å². The monoisotopic (exact) mass is 335 g/mol. The lowest BCUT2D eigenvalue weighted by Gasteiger charge is -2.39. The van der Waals surface area contributed by atoms with Crippen LogP contribution in [0.3, 0.4) is 0 Å². The van der Waals surface area contributed by atoms with E-state index in [9.17, 15) is 4.79 Å². The molecule has 0 aliphatic carbocycles. The molecule has 25 heavy (non-hydrogen) atoms. The topological polar surface area (TPSA) is 38.3 Å². The second kappa shape index (κ2) is 7.40. The average Bonchev–Trinajstić information content (AvgIpc) is 2.66. The van der Waals surface area contributed by atoms with Crippen molar-refractivity contribution in [1.29, 1.82) is 0 Å². The third-order valence-corrected chi connectivity index (χ3v) is 5.45. The number of Topliss-reactive ketones (excluding diaryl/α,β-unsaturated/α-hetero) is 1. The highest BCUT2D eigenvalue weighted by molar-refractivity contribution is 5.98. The number of ether oxygens (including phenoxy) is 1. The number of ketones is 1. The summed E-state index contributed by atoms with van der Waals surface area (Å²) in [4.78, 5) is 13.0. The van der Waals surface area contributed by atoms with Gasteiger partial charge in [-0.15, -0.1) is 0 Å². The van der Waals surface area contributed by atoms with Crippen molar-refractivity contribution in [2.24, 2.45) is 5.92 Å². The van der Waals surface area contributed by atoms with Gasteiger partial charge in [-0.25, -0.2) is 0 Å². The molecule has 2 aromatic rings. The highest BCUT2D eigenvalue weighted by Crippen LogP contribution is 2.32. The summed E-state index contributed by atoms with van der Waals surface area (Å²) in [6.07, 6.45) is 5.67. The van der Waals surface area contributed by atoms with E-state index in [4.69, 9.17) is 4.74 Å². The normalized spacial score (nSPS) is 25.4. The smallest absolute Gasteiger partial charge is 0.166 e. The minimum Gasteiger partial charge on any atom is -0.489 e. The summed E-state index contributed by atoms with van der Waals surface area (Å²) in [6, 6.07) is 18.8. The van der Waals surface area contributed by atoms with Crippen molar-refractivity contribution in [3.8, 4) is 5.75 Å². The Morgan fingerprint density at radius 3 is 2.52 bits per heavy atom. The molecule has 130 valence electrons. The molecule has 2 saturated heterocycles. The van der Waals surface area contributed by atoms with E-state index in [-0.39, 0.29) is 11.7 Å². The third kappa shape index (κ3) is 3.93. The molecular weight excluding hydrogens is 310 g/mol. The minimum absolute atomic E-state index is 0.154. The molecule has 0 aromatic heterocycles. The Morgan fingerprint density at radius 2 is 1.76 bits per heavy atom. The fourth-order valence-corrected chi connectivity index (χ4v) is 4.20. The van der Waals surface area contributed by atoms with Gasteiger partial charge in [0, 0.05) is 23.6 Å². The van der Waals surface area contributed by atoms with Crippen molar-refractivity contribution in [3.63, 3.8) is 0 Å². The molecule has 2 aromatic carbocycles. The van der Waals surface area contributed by atoms with Crippen LogP contribution in [0, 0.1) is 5.92 Å². The summed E-state index contributed by atoms with van der Waals surface area (Å²) < 4.78 is 5.88. The van der Waals surface area contributed by atoms with Gasteiger partial charge in [0.05, 0.1) is 0 Å². The van der Waals surface area contributed by atoms with Gasteiger partial charge in [-0.1, -0.05) is 48.9 Å². The lowest BCUT2D eigenvalue weighted by Crippen LogP contribution is -2.50. The van der Waals surface area contributed by atoms with Gasteiger partial charge in [-0.3, -0.25) is 4.79 Å². The number of rotatable bonds is 5. The van der Waals surface area contributed by atoms with Crippen LogP contribution in [0.2, 0.25) is 0 Å². The predicted octanol–water partition coefficient (Wildman–Crippen LogP) is 4.37. The zero-order valence-electron chi connectivity index (χ0n) is 14.5. The maximum Gasteiger partial charge on any atom is 0.166 e. The molecular formula is C22H25NO2. The largest absolute Gasteiger partial charge is 0.489 e. The van der Waals surface area contributed by atoms with Crippen LogP contribution in [0.25, 0.3) is 0 Å². The summed E-state index contributed by atoms with van der Waals surface area (Å²) in [5, 5.41) is 3.66. The zero-order chi connectivity index (χ0) is 17.1. The maximum atomic E-state index is 13.0. The molecule has 4 rings (SSSR count). The first-order chi connectivity index (χ1) is 12.3. The Labute approximate surface area is 149 Å². The highest BCUT2D eigenvalue weighted by Gasteiger charge is 2.34. The van der Waals surface area contributed by atoms with E-state index in [1.165, 1.54) is 19.3 Å². The van der Waals surface area contributed by atoms with Crippen LogP contribution >= 0.6 is 0 Å². The van der Waals surface area contributed by atoms with Gasteiger partial charge in [0.25, 0.3) is 0 Å². The molecule has 0 radical (unpaired) electrons. The van der Waals surface area contributed by atoms with Crippen molar-refractivity contribution < 1.29 is 9.53 Å². The number of piperidine rings is 2. The van der Waals surface area contributed by atoms with Crippen LogP contribution in [0.4, 0.5) is 0 Å². The Morgan fingerprint density at radius 1 is 1.00 bits per heavy atom. The van der Waals surface area contributed by atoms with E-state index in [0.717, 1.165) is 29.7 Å². The average molecular weight is 335 g/mol. The second-order valence-electron chi connectivity index (χ2n) is 7.33. The molecule has 3 heteroatoms. The molecule has 2 aliphatic heterocycles. The summed E-state index contributed by atoms with van der Waals surface area (Å²) in [7, 11) is 0. The number of carbonyl (C=O) groups excluding carboxylic acids is 1. The number of hydrogen-bond acceptors (Lipinski definition) is 3. The van der Waals surface area contributed by atoms with Crippen molar-refractivity contribution in [1.82, 2.24) is 5.32 Å². The van der Waals surface area contributed by atoms with Crippen LogP contribution in [-0.4, -0.2) is 17.9 Å². The quantitative estimate of drug-likeness (QED) is 0.825. The molecule has 2 atom stereocenters. The number of benzene rings is 2. The maximum absolute atomic E-state index is 13.0. The van der Waals surface area contributed by atoms with Gasteiger partial charge in [0.15, 0.2) is 5.78 Å². The highest BCUT2D eigenvalue weighted by atomic mass is 16.5. The van der Waals surface area contributed by atoms with Gasteiger partial charge in [-0.2, -0.15) is 0 Å². The van der Waals surface area contributed by atoms with Crippen LogP contribution < -0.4 is 10.1 Å². The molecule has 2 heterocycles. The van der Waals surface area contributed by atoms with E-state index in [2.05, 4.69) is 5.32 Å². The first-order valence-corrected chi connectivity index (χ1v) is 9.35. The van der Waals surface area contributed by atoms with Crippen LogP contribution in [0.1, 0.15) is 48.0 Å². The van der Waals surface area contributed by atoms with Crippen LogP contribution in [-0.2, 0) is 6.61 Å². The Bertz CT molecular complexity index is 716. The molecule has 0 spiro atoms. The lowest BCUT2D eigenvalue weighted by molar-refractivity contribution is 0.0824. The van der Waals surface area contributed by atoms with E-state index < -0.39 is 0 Å². The summed E-state index contributed by atoms with van der Waals surface area (Å²) >= 11 is 0. The first kappa shape index (κ1) is 16.3. The minimum atomic E-state index is 0.154. The molecule has 2 fully saturated rings. The van der Waals surface area contributed by atoms with Gasteiger partial charge in [0.2, 0.25) is 0 Å². The van der Waals surface area contributed by atoms with Crippen LogP contribution in [0.15, 0.2) is 54.6 Å². The number of hydrogen-bond donors (Lipinski definition) is 1. The predicted molar refractivity (Wildman–Crippen MR) is 98.8 cm³/mol. The first-order valence-electron chi connectivity index (χ1n) is 9.35. The number of nitrogens with one attached hydrogen (secondary N) is 1. The van der Waals surface area contributed by atoms with Crippen molar-refractivity contribution in [3.05, 3.63) is 65.7 Å². The third-order valence-electron chi connectivity index (χ3n) is 5.45. The standard InChI is InChI=1S/C22H25NO2/c24-22(18-12-19-9-5-10-20(13-18)23-19)17-8-4-11-21(14-17)25-15-16-6-2-1-3-7-16/h1-4,6-8,11,14,18-20,23H,5,9-10,12-13,15H2. The van der Waals surface area contributed by atoms with Gasteiger partial charge < -0.3 is 10.1 Å². The SMILES string of the molecule is O=C(c1cccc(OCc2ccccc2)c1)C1CC2CCCC(C1)N2. The lowest BCUT2D eigenvalue weighted by atomic mass is 9.77. The Hall–Kier alpha value is -2.13. The molecule has 1 N–H and O–H groups in total. The second-order valence-corrected chi connectivity index (χ2v) is 7.33. The molecule has 2 bridgehead atoms. The molecule has 0 saturated carbocycles. The van der Waals surface area contributed by atoms with Gasteiger partial charge in [-0.05, 0) is 43.4 Å². The Balaban J connectivity index is 1.42. The van der Waals surface area contributed by atoms with Gasteiger partial charge in [0.1, 0.15) is 12.4 Å². The van der Waals surface area contributed by atoms with Crippen LogP contribution in [0.5, 0.6) is 5.75 Å². The van der Waals surface area contributed by atoms with Crippen molar-refractivity contribution >= 4 is 5.78 Å². The van der Waals surface area contributed by atoms with E-state index in [0.29, 0.717) is 18.7 Å². The van der Waals surface area contributed by atoms with E-state index >= 15 is 0 Å². The summed E-state index contributed by atoms with van der Waals surface area (Å²) in [5.74, 6) is 1.20. The van der Waals surface area contributed by atoms with Crippen molar-refractivity contribution in [2.75, 3.05) is 0 Å². The van der Waals surface area contributed by atoms with Gasteiger partial charge >= 0.3 is 0 Å². The zero-order valence-corrected chi connectivity index (χ0v) is 14.5. The molecule has 2 aliphatic rings. The molecule has 0 amide bonds. The fourth-order valence-electron chi connectivity index (χ4n) is 4.20. The summed E-state index contributed by atoms with van der Waals surface area (Å²) in [6.45, 7) is 0.524. The molecule has 2 unspecified atom stereocenters. The molecule has 3 nitrogen and oxygen atoms in total. The fraction of sp³-hybridized carbons (Fsp3) is 0.409. The summed E-state index contributed by atoms with van der Waals surface area (Å²) in [5.41, 5.74) is 1.92.